The van der Waals surface area contributed by atoms with Gasteiger partial charge in [0.2, 0.25) is 0 Å². The van der Waals surface area contributed by atoms with Crippen molar-refractivity contribution < 1.29 is 17.1 Å². The van der Waals surface area contributed by atoms with E-state index in [0.717, 1.165) is 4.68 Å². The van der Waals surface area contributed by atoms with Gasteiger partial charge in [0, 0.05) is 6.17 Å². The van der Waals surface area contributed by atoms with Crippen LogP contribution in [0.25, 0.3) is 5.69 Å². The van der Waals surface area contributed by atoms with Crippen molar-refractivity contribution in [2.45, 2.75) is 0 Å². The number of ether oxygens (including phenoxy) is 1. The largest absolute Gasteiger partial charge is 0.497 e. The Labute approximate surface area is 103 Å². The van der Waals surface area contributed by atoms with Crippen LogP contribution in [0, 0.1) is 0 Å². The Balaban J connectivity index is 2.75. The molecule has 4 heteroatoms. The van der Waals surface area contributed by atoms with Crippen molar-refractivity contribution in [1.82, 2.24) is 9.78 Å². The van der Waals surface area contributed by atoms with Crippen LogP contribution in [0.4, 0.5) is 0 Å². The van der Waals surface area contributed by atoms with Gasteiger partial charge in [0.25, 0.3) is 0 Å². The van der Waals surface area contributed by atoms with Gasteiger partial charge in [-0.2, -0.15) is 5.10 Å². The average Bonchev–Trinajstić information content (AvgIpc) is 2.69. The molecule has 0 amide bonds. The van der Waals surface area contributed by atoms with Crippen LogP contribution in [0.5, 0.6) is 5.75 Å². The van der Waals surface area contributed by atoms with Gasteiger partial charge in [-0.15, -0.1) is 0 Å². The summed E-state index contributed by atoms with van der Waals surface area (Å²) in [6.07, 6.45) is -0.644. The molecule has 0 bridgehead atoms. The van der Waals surface area contributed by atoms with Gasteiger partial charge < -0.3 is 4.74 Å². The van der Waals surface area contributed by atoms with Gasteiger partial charge in [0.1, 0.15) is 5.75 Å². The summed E-state index contributed by atoms with van der Waals surface area (Å²) in [5.41, 5.74) is -0.373. The lowest BCUT2D eigenvalue weighted by Gasteiger charge is -2.02. The molecule has 2 aromatic rings. The van der Waals surface area contributed by atoms with E-state index in [1.807, 2.05) is 0 Å². The highest BCUT2D eigenvalue weighted by atomic mass is 79.9. The lowest BCUT2D eigenvalue weighted by molar-refractivity contribution is 0.414. The molecule has 0 fully saturated rings. The first-order chi connectivity index (χ1) is 10.5. The van der Waals surface area contributed by atoms with E-state index in [1.165, 1.54) is 0 Å². The fourth-order valence-corrected chi connectivity index (χ4v) is 1.04. The van der Waals surface area contributed by atoms with Crippen LogP contribution in [0.3, 0.4) is 0 Å². The number of rotatable bonds is 2. The second-order valence-corrected chi connectivity index (χ2v) is 3.02. The molecule has 14 heavy (non-hydrogen) atoms. The van der Waals surface area contributed by atoms with Gasteiger partial charge in [-0.25, -0.2) is 4.68 Å². The maximum Gasteiger partial charge on any atom is 0.119 e. The van der Waals surface area contributed by atoms with Gasteiger partial charge in [-0.05, 0) is 40.1 Å². The molecule has 0 aliphatic rings. The van der Waals surface area contributed by atoms with Gasteiger partial charge in [0.05, 0.1) is 35.7 Å². The third-order valence-corrected chi connectivity index (χ3v) is 1.71. The Kier molecular flexibility index (Phi) is 0.926. The van der Waals surface area contributed by atoms with Crippen LogP contribution in [0.1, 0.15) is 12.3 Å². The van der Waals surface area contributed by atoms with Gasteiger partial charge >= 0.3 is 0 Å². The molecule has 0 aliphatic heterocycles. The first-order valence-corrected chi connectivity index (χ1v) is 4.26. The third kappa shape index (κ3) is 1.80. The Morgan fingerprint density at radius 2 is 2.29 bits per heavy atom. The zero-order valence-corrected chi connectivity index (χ0v) is 8.27. The lowest BCUT2D eigenvalue weighted by atomic mass is 10.3. The predicted molar refractivity (Wildman–Crippen MR) is 57.8 cm³/mol. The van der Waals surface area contributed by atoms with E-state index < -0.39 is 37.0 Å². The molecule has 3 nitrogen and oxygen atoms in total. The van der Waals surface area contributed by atoms with E-state index in [9.17, 15) is 0 Å². The molecule has 72 valence electrons. The first-order valence-electron chi connectivity index (χ1n) is 7.97. The zero-order valence-electron chi connectivity index (χ0n) is 15.7. The van der Waals surface area contributed by atoms with Crippen LogP contribution in [0.15, 0.2) is 41.0 Å². The molecule has 0 aliphatic carbocycles. The highest BCUT2D eigenvalue weighted by Crippen LogP contribution is 2.16. The second kappa shape index (κ2) is 3.84. The third-order valence-electron chi connectivity index (χ3n) is 1.35. The van der Waals surface area contributed by atoms with E-state index in [1.54, 1.807) is 0 Å². The molecule has 1 aromatic carbocycles. The lowest BCUT2D eigenvalue weighted by Crippen LogP contribution is -1.93. The Bertz CT molecular complexity index is 757. The maximum absolute atomic E-state index is 7.92. The van der Waals surface area contributed by atoms with Crippen molar-refractivity contribution in [3.63, 3.8) is 0 Å². The molecular weight excluding hydrogens is 244 g/mol. The summed E-state index contributed by atoms with van der Waals surface area (Å²) < 4.78 is 73.2. The van der Waals surface area contributed by atoms with Crippen molar-refractivity contribution in [2.24, 2.45) is 0 Å². The van der Waals surface area contributed by atoms with Crippen LogP contribution >= 0.6 is 15.9 Å². The average molecular weight is 262 g/mol. The standard InChI is InChI=1S/C10H9BrN2O/c1-14-10-4-2-9(3-5-10)13-7-8(11)6-12-13/h2-7H,1H3/i1D3,2D,3D,4D,5D,6D,7D. The number of aromatic nitrogens is 2. The first kappa shape index (κ1) is 3.38. The smallest absolute Gasteiger partial charge is 0.119 e. The number of methoxy groups -OCH3 is 1. The number of halogens is 1. The Morgan fingerprint density at radius 1 is 1.50 bits per heavy atom. The SMILES string of the molecule is [2H]c1nn(-c2c([2H])c([2H])c(OC([2H])([2H])[2H])c([2H])c2[2H])c([2H])c1Br. The molecular formula is C10H9BrN2O. The number of nitrogens with zero attached hydrogens (tertiary/aromatic N) is 2. The number of hydrogen-bond donors (Lipinski definition) is 0. The second-order valence-electron chi connectivity index (χ2n) is 2.23. The molecule has 0 saturated carbocycles. The molecule has 0 spiro atoms. The normalized spacial score (nSPS) is 20.2. The van der Waals surface area contributed by atoms with Crippen LogP contribution in [-0.4, -0.2) is 16.8 Å². The predicted octanol–water partition coefficient (Wildman–Crippen LogP) is 2.64. The summed E-state index contributed by atoms with van der Waals surface area (Å²) in [5.74, 6) is -0.715. The molecule has 0 atom stereocenters. The summed E-state index contributed by atoms with van der Waals surface area (Å²) in [6.45, 7) is 0. The summed E-state index contributed by atoms with van der Waals surface area (Å²) >= 11 is 2.96. The topological polar surface area (TPSA) is 27.1 Å². The summed E-state index contributed by atoms with van der Waals surface area (Å²) in [6, 6.07) is -2.69. The van der Waals surface area contributed by atoms with Gasteiger partial charge in [0.15, 0.2) is 0 Å². The van der Waals surface area contributed by atoms with E-state index in [4.69, 9.17) is 12.3 Å². The van der Waals surface area contributed by atoms with Gasteiger partial charge in [-0.1, -0.05) is 0 Å². The maximum atomic E-state index is 7.92. The van der Waals surface area contributed by atoms with E-state index in [0.29, 0.717) is 0 Å². The molecule has 1 heterocycles. The molecule has 2 rings (SSSR count). The fraction of sp³-hybridized carbons (Fsp3) is 0.100. The summed E-state index contributed by atoms with van der Waals surface area (Å²) in [5, 5.41) is 3.68. The summed E-state index contributed by atoms with van der Waals surface area (Å²) in [4.78, 5) is 0. The molecule has 0 radical (unpaired) electrons. The van der Waals surface area contributed by atoms with E-state index in [-0.39, 0.29) is 22.5 Å². The highest BCUT2D eigenvalue weighted by molar-refractivity contribution is 9.10. The number of hydrogen-bond acceptors (Lipinski definition) is 2. The van der Waals surface area contributed by atoms with Crippen LogP contribution in [0.2, 0.25) is 0 Å². The van der Waals surface area contributed by atoms with Crippen molar-refractivity contribution in [2.75, 3.05) is 7.04 Å². The minimum Gasteiger partial charge on any atom is -0.497 e. The van der Waals surface area contributed by atoms with Crippen molar-refractivity contribution in [1.29, 1.82) is 0 Å². The van der Waals surface area contributed by atoms with Crippen molar-refractivity contribution >= 4 is 15.9 Å². The highest BCUT2D eigenvalue weighted by Gasteiger charge is 1.98. The number of benzene rings is 1. The monoisotopic (exact) mass is 261 g/mol. The van der Waals surface area contributed by atoms with Crippen molar-refractivity contribution in [3.8, 4) is 11.4 Å². The van der Waals surface area contributed by atoms with E-state index in [2.05, 4.69) is 25.8 Å². The Hall–Kier alpha value is -1.29. The van der Waals surface area contributed by atoms with Gasteiger partial charge in [-0.3, -0.25) is 0 Å². The quantitative estimate of drug-likeness (QED) is 0.831. The van der Waals surface area contributed by atoms with Crippen molar-refractivity contribution in [3.05, 3.63) is 41.0 Å². The van der Waals surface area contributed by atoms with Crippen LogP contribution < -0.4 is 4.74 Å². The fourth-order valence-electron chi connectivity index (χ4n) is 0.794. The molecule has 0 N–H and O–H groups in total. The zero-order chi connectivity index (χ0) is 17.7. The minimum atomic E-state index is -2.93. The van der Waals surface area contributed by atoms with E-state index >= 15 is 0 Å². The molecule has 0 saturated heterocycles. The molecule has 0 unspecified atom stereocenters. The Morgan fingerprint density at radius 3 is 2.86 bits per heavy atom. The summed E-state index contributed by atoms with van der Waals surface area (Å²) in [7, 11) is -2.93. The molecule has 1 aromatic heterocycles. The van der Waals surface area contributed by atoms with Crippen LogP contribution in [-0.2, 0) is 0 Å². The minimum absolute atomic E-state index is 0.0252.